The van der Waals surface area contributed by atoms with Crippen molar-refractivity contribution < 1.29 is 24.2 Å². The lowest BCUT2D eigenvalue weighted by Gasteiger charge is -2.12. The van der Waals surface area contributed by atoms with E-state index in [0.29, 0.717) is 12.3 Å². The molecular weight excluding hydrogens is 389 g/mol. The molecule has 7 heteroatoms. The highest BCUT2D eigenvalue weighted by molar-refractivity contribution is 14.1. The number of ether oxygens (including phenoxy) is 2. The zero-order valence-electron chi connectivity index (χ0n) is 11.3. The first-order chi connectivity index (χ1) is 10.1. The first kappa shape index (κ1) is 16.0. The highest BCUT2D eigenvalue weighted by atomic mass is 127. The molecule has 1 unspecified atom stereocenters. The first-order valence-corrected chi connectivity index (χ1v) is 7.68. The summed E-state index contributed by atoms with van der Waals surface area (Å²) in [5.41, 5.74) is 0.130. The van der Waals surface area contributed by atoms with Crippen LogP contribution in [0.25, 0.3) is 0 Å². The van der Waals surface area contributed by atoms with Crippen molar-refractivity contribution in [2.45, 2.75) is 18.9 Å². The smallest absolute Gasteiger partial charge is 0.335 e. The van der Waals surface area contributed by atoms with Gasteiger partial charge in [0.05, 0.1) is 15.2 Å². The molecule has 0 aromatic heterocycles. The number of carbonyl (C=O) groups excluding carboxylic acids is 1. The van der Waals surface area contributed by atoms with Gasteiger partial charge in [0.25, 0.3) is 5.91 Å². The Bertz CT molecular complexity index is 528. The minimum absolute atomic E-state index is 0.0874. The summed E-state index contributed by atoms with van der Waals surface area (Å²) in [6, 6.07) is 4.55. The number of hydrogen-bond donors (Lipinski definition) is 2. The van der Waals surface area contributed by atoms with Gasteiger partial charge in [0.1, 0.15) is 5.75 Å². The third-order valence-electron chi connectivity index (χ3n) is 3.09. The average molecular weight is 405 g/mol. The maximum atomic E-state index is 11.7. The first-order valence-electron chi connectivity index (χ1n) is 6.60. The summed E-state index contributed by atoms with van der Waals surface area (Å²) in [6.07, 6.45) is 2.07. The number of halogens is 1. The lowest BCUT2D eigenvalue weighted by molar-refractivity contribution is -0.123. The second-order valence-corrected chi connectivity index (χ2v) is 5.84. The second kappa shape index (κ2) is 7.60. The van der Waals surface area contributed by atoms with Crippen molar-refractivity contribution in [3.63, 3.8) is 0 Å². The number of carboxylic acid groups (broad SMARTS) is 1. The molecule has 2 N–H and O–H groups in total. The number of nitrogens with one attached hydrogen (secondary N) is 1. The van der Waals surface area contributed by atoms with Crippen molar-refractivity contribution in [2.75, 3.05) is 19.8 Å². The van der Waals surface area contributed by atoms with Gasteiger partial charge >= 0.3 is 5.97 Å². The van der Waals surface area contributed by atoms with Crippen molar-refractivity contribution in [1.82, 2.24) is 5.32 Å². The van der Waals surface area contributed by atoms with Gasteiger partial charge in [0.15, 0.2) is 6.61 Å². The second-order valence-electron chi connectivity index (χ2n) is 4.68. The van der Waals surface area contributed by atoms with E-state index >= 15 is 0 Å². The monoisotopic (exact) mass is 405 g/mol. The van der Waals surface area contributed by atoms with Crippen molar-refractivity contribution in [1.29, 1.82) is 0 Å². The molecule has 1 aromatic carbocycles. The zero-order valence-corrected chi connectivity index (χ0v) is 13.5. The lowest BCUT2D eigenvalue weighted by Crippen LogP contribution is -2.35. The number of aromatic carboxylic acids is 1. The molecule has 2 rings (SSSR count). The van der Waals surface area contributed by atoms with Crippen LogP contribution in [0, 0.1) is 3.57 Å². The van der Waals surface area contributed by atoms with Gasteiger partial charge in [-0.25, -0.2) is 4.79 Å². The fourth-order valence-electron chi connectivity index (χ4n) is 1.97. The molecule has 21 heavy (non-hydrogen) atoms. The fraction of sp³-hybridized carbons (Fsp3) is 0.429. The van der Waals surface area contributed by atoms with Gasteiger partial charge in [-0.3, -0.25) is 4.79 Å². The molecule has 0 radical (unpaired) electrons. The molecule has 0 spiro atoms. The van der Waals surface area contributed by atoms with Crippen molar-refractivity contribution in [3.05, 3.63) is 27.3 Å². The average Bonchev–Trinajstić information content (AvgIpc) is 2.97. The Labute approximate surface area is 136 Å². The summed E-state index contributed by atoms with van der Waals surface area (Å²) >= 11 is 2.03. The Kier molecular flexibility index (Phi) is 5.80. The Morgan fingerprint density at radius 1 is 1.48 bits per heavy atom. The van der Waals surface area contributed by atoms with Gasteiger partial charge in [0.2, 0.25) is 0 Å². The predicted octanol–water partition coefficient (Wildman–Crippen LogP) is 1.66. The number of carboxylic acids is 1. The van der Waals surface area contributed by atoms with Crippen LogP contribution < -0.4 is 10.1 Å². The molecule has 1 aliphatic heterocycles. The molecular formula is C14H16INO5. The van der Waals surface area contributed by atoms with Crippen molar-refractivity contribution in [2.24, 2.45) is 0 Å². The third kappa shape index (κ3) is 4.85. The van der Waals surface area contributed by atoms with Crippen LogP contribution in [0.15, 0.2) is 18.2 Å². The quantitative estimate of drug-likeness (QED) is 0.704. The summed E-state index contributed by atoms with van der Waals surface area (Å²) in [6.45, 7) is 1.08. The van der Waals surface area contributed by atoms with Crippen LogP contribution in [0.4, 0.5) is 0 Å². The van der Waals surface area contributed by atoms with Crippen LogP contribution in [0.1, 0.15) is 23.2 Å². The highest BCUT2D eigenvalue weighted by Gasteiger charge is 2.16. The van der Waals surface area contributed by atoms with Crippen molar-refractivity contribution in [3.8, 4) is 5.75 Å². The topological polar surface area (TPSA) is 84.9 Å². The van der Waals surface area contributed by atoms with Crippen molar-refractivity contribution >= 4 is 34.5 Å². The predicted molar refractivity (Wildman–Crippen MR) is 83.6 cm³/mol. The molecule has 1 aliphatic rings. The Morgan fingerprint density at radius 3 is 2.95 bits per heavy atom. The van der Waals surface area contributed by atoms with E-state index in [1.165, 1.54) is 12.1 Å². The van der Waals surface area contributed by atoms with Crippen LogP contribution in [0.5, 0.6) is 5.75 Å². The molecule has 0 aliphatic carbocycles. The van der Waals surface area contributed by atoms with Gasteiger partial charge in [0, 0.05) is 13.2 Å². The van der Waals surface area contributed by atoms with Gasteiger partial charge in [-0.1, -0.05) is 0 Å². The van der Waals surface area contributed by atoms with E-state index in [4.69, 9.17) is 14.6 Å². The van der Waals surface area contributed by atoms with Crippen LogP contribution in [0.3, 0.4) is 0 Å². The van der Waals surface area contributed by atoms with Gasteiger partial charge in [-0.2, -0.15) is 0 Å². The Balaban J connectivity index is 1.82. The zero-order chi connectivity index (χ0) is 15.2. The van der Waals surface area contributed by atoms with Crippen LogP contribution in [-0.2, 0) is 9.53 Å². The Morgan fingerprint density at radius 2 is 2.29 bits per heavy atom. The lowest BCUT2D eigenvalue weighted by atomic mass is 10.2. The number of carbonyl (C=O) groups is 2. The molecule has 1 fully saturated rings. The molecule has 0 saturated carbocycles. The summed E-state index contributed by atoms with van der Waals surface area (Å²) in [5.74, 6) is -0.885. The molecule has 6 nitrogen and oxygen atoms in total. The SMILES string of the molecule is O=C(COc1cc(C(=O)O)ccc1I)NCC1CCCO1. The molecule has 1 heterocycles. The maximum absolute atomic E-state index is 11.7. The van der Waals surface area contributed by atoms with Gasteiger partial charge < -0.3 is 19.9 Å². The van der Waals surface area contributed by atoms with E-state index in [9.17, 15) is 9.59 Å². The minimum Gasteiger partial charge on any atom is -0.483 e. The summed E-state index contributed by atoms with van der Waals surface area (Å²) < 4.78 is 11.5. The van der Waals surface area contributed by atoms with Gasteiger partial charge in [-0.15, -0.1) is 0 Å². The summed E-state index contributed by atoms with van der Waals surface area (Å²) in [4.78, 5) is 22.6. The van der Waals surface area contributed by atoms with Crippen LogP contribution in [0.2, 0.25) is 0 Å². The molecule has 0 bridgehead atoms. The number of benzene rings is 1. The standard InChI is InChI=1S/C14H16INO5/c15-11-4-3-9(14(18)19)6-12(11)21-8-13(17)16-7-10-2-1-5-20-10/h3-4,6,10H,1-2,5,7-8H2,(H,16,17)(H,18,19). The fourth-order valence-corrected chi connectivity index (χ4v) is 2.47. The van der Waals surface area contributed by atoms with E-state index in [1.807, 2.05) is 22.6 Å². The number of rotatable bonds is 6. The highest BCUT2D eigenvalue weighted by Crippen LogP contribution is 2.22. The van der Waals surface area contributed by atoms with E-state index in [-0.39, 0.29) is 24.2 Å². The van der Waals surface area contributed by atoms with Gasteiger partial charge in [-0.05, 0) is 53.6 Å². The molecule has 1 atom stereocenters. The number of amides is 1. The minimum atomic E-state index is -1.03. The van der Waals surface area contributed by atoms with E-state index in [2.05, 4.69) is 5.32 Å². The summed E-state index contributed by atoms with van der Waals surface area (Å²) in [7, 11) is 0. The molecule has 1 amide bonds. The van der Waals surface area contributed by atoms with E-state index in [1.54, 1.807) is 6.07 Å². The maximum Gasteiger partial charge on any atom is 0.335 e. The third-order valence-corrected chi connectivity index (χ3v) is 3.98. The normalized spacial score (nSPS) is 17.5. The largest absolute Gasteiger partial charge is 0.483 e. The molecule has 1 saturated heterocycles. The van der Waals surface area contributed by atoms with Crippen LogP contribution in [-0.4, -0.2) is 42.8 Å². The number of hydrogen-bond acceptors (Lipinski definition) is 4. The van der Waals surface area contributed by atoms with Crippen LogP contribution >= 0.6 is 22.6 Å². The van der Waals surface area contributed by atoms with E-state index in [0.717, 1.165) is 23.0 Å². The molecule has 114 valence electrons. The van der Waals surface area contributed by atoms with E-state index < -0.39 is 5.97 Å². The summed E-state index contributed by atoms with van der Waals surface area (Å²) in [5, 5.41) is 11.7. The Hall–Kier alpha value is -1.35. The molecule has 1 aromatic rings.